The van der Waals surface area contributed by atoms with Crippen molar-refractivity contribution in [2.45, 2.75) is 26.5 Å². The quantitative estimate of drug-likeness (QED) is 0.689. The van der Waals surface area contributed by atoms with Crippen LogP contribution in [0, 0.1) is 19.7 Å². The van der Waals surface area contributed by atoms with Crippen molar-refractivity contribution >= 4 is 5.91 Å². The van der Waals surface area contributed by atoms with Crippen LogP contribution >= 0.6 is 0 Å². The summed E-state index contributed by atoms with van der Waals surface area (Å²) in [5.74, 6) is 0.560. The van der Waals surface area contributed by atoms with Gasteiger partial charge in [-0.15, -0.1) is 0 Å². The van der Waals surface area contributed by atoms with Crippen LogP contribution in [0.25, 0.3) is 5.69 Å². The van der Waals surface area contributed by atoms with Gasteiger partial charge in [-0.05, 0) is 44.2 Å². The lowest BCUT2D eigenvalue weighted by Crippen LogP contribution is -2.38. The monoisotopic (exact) mass is 424 g/mol. The average Bonchev–Trinajstić information content (AvgIpc) is 3.06. The molecular weight excluding hydrogens is 399 g/mol. The molecule has 1 amide bonds. The fraction of sp³-hybridized carbons (Fsp3) is 0.292. The third kappa shape index (κ3) is 3.45. The van der Waals surface area contributed by atoms with Crippen molar-refractivity contribution in [2.24, 2.45) is 0 Å². The van der Waals surface area contributed by atoms with E-state index in [1.54, 1.807) is 67.0 Å². The van der Waals surface area contributed by atoms with Crippen LogP contribution in [0.3, 0.4) is 0 Å². The number of hydrogen-bond donors (Lipinski definition) is 1. The highest BCUT2D eigenvalue weighted by atomic mass is 19.1. The SMILES string of the molecule is COc1ccc(OC)c2c1CN(C(=O)c1cc(C)n(-c3ccccc3F)c1C)CC2O. The molecule has 0 aliphatic carbocycles. The van der Waals surface area contributed by atoms with Gasteiger partial charge in [0.25, 0.3) is 5.91 Å². The first-order chi connectivity index (χ1) is 14.9. The standard InChI is InChI=1S/C24H25FN2O4/c1-14-11-16(15(2)27(14)19-8-6-5-7-18(19)25)24(29)26-12-17-21(30-3)9-10-22(31-4)23(17)20(28)13-26/h5-11,20,28H,12-13H2,1-4H3. The summed E-state index contributed by atoms with van der Waals surface area (Å²) in [6, 6.07) is 11.7. The summed E-state index contributed by atoms with van der Waals surface area (Å²) in [5.41, 5.74) is 3.62. The lowest BCUT2D eigenvalue weighted by molar-refractivity contribution is 0.0538. The van der Waals surface area contributed by atoms with E-state index >= 15 is 0 Å². The van der Waals surface area contributed by atoms with Gasteiger partial charge in [-0.25, -0.2) is 4.39 Å². The van der Waals surface area contributed by atoms with Gasteiger partial charge in [0.1, 0.15) is 23.4 Å². The number of amides is 1. The third-order valence-corrected chi connectivity index (χ3v) is 5.83. The smallest absolute Gasteiger partial charge is 0.256 e. The first kappa shape index (κ1) is 20.9. The highest BCUT2D eigenvalue weighted by molar-refractivity contribution is 5.96. The maximum Gasteiger partial charge on any atom is 0.256 e. The summed E-state index contributed by atoms with van der Waals surface area (Å²) in [5, 5.41) is 10.8. The molecule has 31 heavy (non-hydrogen) atoms. The van der Waals surface area contributed by atoms with Gasteiger partial charge in [-0.3, -0.25) is 4.79 Å². The van der Waals surface area contributed by atoms with Crippen molar-refractivity contribution in [3.05, 3.63) is 76.4 Å². The molecular formula is C24H25FN2O4. The number of hydrogen-bond acceptors (Lipinski definition) is 4. The lowest BCUT2D eigenvalue weighted by atomic mass is 9.94. The van der Waals surface area contributed by atoms with Crippen molar-refractivity contribution < 1.29 is 23.8 Å². The number of carbonyl (C=O) groups excluding carboxylic acids is 1. The summed E-state index contributed by atoms with van der Waals surface area (Å²) in [7, 11) is 3.10. The van der Waals surface area contributed by atoms with Gasteiger partial charge in [-0.2, -0.15) is 0 Å². The molecule has 6 nitrogen and oxygen atoms in total. The van der Waals surface area contributed by atoms with Crippen LogP contribution in [0.2, 0.25) is 0 Å². The zero-order valence-corrected chi connectivity index (χ0v) is 18.0. The molecule has 1 unspecified atom stereocenters. The zero-order chi connectivity index (χ0) is 22.3. The molecule has 1 aromatic heterocycles. The molecule has 1 aliphatic rings. The summed E-state index contributed by atoms with van der Waals surface area (Å²) in [6.45, 7) is 4.03. The van der Waals surface area contributed by atoms with E-state index in [-0.39, 0.29) is 24.8 Å². The normalized spacial score (nSPS) is 15.5. The van der Waals surface area contributed by atoms with E-state index in [9.17, 15) is 14.3 Å². The predicted octanol–water partition coefficient (Wildman–Crippen LogP) is 3.94. The molecule has 2 aromatic carbocycles. The first-order valence-electron chi connectivity index (χ1n) is 10.0. The molecule has 0 saturated heterocycles. The molecule has 0 saturated carbocycles. The Labute approximate surface area is 180 Å². The van der Waals surface area contributed by atoms with Crippen LogP contribution in [-0.4, -0.2) is 41.2 Å². The molecule has 4 rings (SSSR count). The van der Waals surface area contributed by atoms with Gasteiger partial charge < -0.3 is 24.0 Å². The summed E-state index contributed by atoms with van der Waals surface area (Å²) < 4.78 is 27.0. The van der Waals surface area contributed by atoms with E-state index in [4.69, 9.17) is 9.47 Å². The van der Waals surface area contributed by atoms with Crippen LogP contribution < -0.4 is 9.47 Å². The maximum atomic E-state index is 14.4. The Hall–Kier alpha value is -3.32. The number of ether oxygens (including phenoxy) is 2. The lowest BCUT2D eigenvalue weighted by Gasteiger charge is -2.34. The number of rotatable bonds is 4. The van der Waals surface area contributed by atoms with E-state index in [2.05, 4.69) is 0 Å². The molecule has 0 radical (unpaired) electrons. The minimum absolute atomic E-state index is 0.124. The molecule has 3 aromatic rings. The van der Waals surface area contributed by atoms with Crippen molar-refractivity contribution in [3.63, 3.8) is 0 Å². The maximum absolute atomic E-state index is 14.4. The van der Waals surface area contributed by atoms with Gasteiger partial charge in [0, 0.05) is 22.5 Å². The van der Waals surface area contributed by atoms with E-state index in [0.29, 0.717) is 34.0 Å². The molecule has 1 N–H and O–H groups in total. The van der Waals surface area contributed by atoms with Crippen molar-refractivity contribution in [2.75, 3.05) is 20.8 Å². The number of para-hydroxylation sites is 1. The Balaban J connectivity index is 1.73. The summed E-state index contributed by atoms with van der Waals surface area (Å²) >= 11 is 0. The topological polar surface area (TPSA) is 63.9 Å². The van der Waals surface area contributed by atoms with Gasteiger partial charge in [0.15, 0.2) is 0 Å². The number of benzene rings is 2. The molecule has 1 aliphatic heterocycles. The Kier molecular flexibility index (Phi) is 5.45. The predicted molar refractivity (Wildman–Crippen MR) is 114 cm³/mol. The number of aromatic nitrogens is 1. The number of carbonyl (C=O) groups is 1. The van der Waals surface area contributed by atoms with E-state index in [1.165, 1.54) is 6.07 Å². The van der Waals surface area contributed by atoms with E-state index in [1.807, 2.05) is 6.92 Å². The Morgan fingerprint density at radius 3 is 2.45 bits per heavy atom. The molecule has 0 spiro atoms. The third-order valence-electron chi connectivity index (χ3n) is 5.83. The molecule has 0 bridgehead atoms. The van der Waals surface area contributed by atoms with Crippen molar-refractivity contribution in [1.29, 1.82) is 0 Å². The van der Waals surface area contributed by atoms with Crippen molar-refractivity contribution in [3.8, 4) is 17.2 Å². The fourth-order valence-electron chi connectivity index (χ4n) is 4.38. The number of fused-ring (bicyclic) bond motifs is 1. The summed E-state index contributed by atoms with van der Waals surface area (Å²) in [6.07, 6.45) is -0.909. The number of nitrogens with zero attached hydrogens (tertiary/aromatic N) is 2. The van der Waals surface area contributed by atoms with Crippen LogP contribution in [0.1, 0.15) is 39.0 Å². The van der Waals surface area contributed by atoms with E-state index < -0.39 is 6.10 Å². The van der Waals surface area contributed by atoms with Crippen LogP contribution in [0.4, 0.5) is 4.39 Å². The van der Waals surface area contributed by atoms with Gasteiger partial charge in [-0.1, -0.05) is 12.1 Å². The largest absolute Gasteiger partial charge is 0.496 e. The Morgan fingerprint density at radius 1 is 1.10 bits per heavy atom. The first-order valence-corrected chi connectivity index (χ1v) is 10.0. The molecule has 2 heterocycles. The number of halogens is 1. The zero-order valence-electron chi connectivity index (χ0n) is 18.0. The minimum atomic E-state index is -0.909. The minimum Gasteiger partial charge on any atom is -0.496 e. The van der Waals surface area contributed by atoms with Crippen LogP contribution in [0.5, 0.6) is 11.5 Å². The number of aryl methyl sites for hydroxylation is 1. The number of aliphatic hydroxyl groups excluding tert-OH is 1. The van der Waals surface area contributed by atoms with Gasteiger partial charge in [0.2, 0.25) is 0 Å². The van der Waals surface area contributed by atoms with Crippen LogP contribution in [0.15, 0.2) is 42.5 Å². The Morgan fingerprint density at radius 2 is 1.77 bits per heavy atom. The second-order valence-electron chi connectivity index (χ2n) is 7.64. The second kappa shape index (κ2) is 8.07. The highest BCUT2D eigenvalue weighted by Gasteiger charge is 2.33. The number of methoxy groups -OCH3 is 2. The molecule has 7 heteroatoms. The Bertz CT molecular complexity index is 1150. The number of aliphatic hydroxyl groups is 1. The fourth-order valence-corrected chi connectivity index (χ4v) is 4.38. The van der Waals surface area contributed by atoms with Gasteiger partial charge in [0.05, 0.1) is 38.6 Å². The van der Waals surface area contributed by atoms with Gasteiger partial charge >= 0.3 is 0 Å². The molecule has 162 valence electrons. The molecule has 1 atom stereocenters. The second-order valence-corrected chi connectivity index (χ2v) is 7.64. The molecule has 0 fully saturated rings. The van der Waals surface area contributed by atoms with E-state index in [0.717, 1.165) is 11.3 Å². The summed E-state index contributed by atoms with van der Waals surface area (Å²) in [4.78, 5) is 15.0. The van der Waals surface area contributed by atoms with Crippen LogP contribution in [-0.2, 0) is 6.54 Å². The van der Waals surface area contributed by atoms with Crippen molar-refractivity contribution in [1.82, 2.24) is 9.47 Å². The number of β-amino-alcohol motifs (C(OH)–C–C–N with tert-alkyl or cyclic N) is 1. The average molecular weight is 424 g/mol. The highest BCUT2D eigenvalue weighted by Crippen LogP contribution is 2.40.